The third kappa shape index (κ3) is 2.11. The Hall–Kier alpha value is -1.14. The van der Waals surface area contributed by atoms with E-state index >= 15 is 0 Å². The fourth-order valence-corrected chi connectivity index (χ4v) is 3.93. The Balaban J connectivity index is 1.99. The highest BCUT2D eigenvalue weighted by Crippen LogP contribution is 2.58. The molecule has 20 heavy (non-hydrogen) atoms. The minimum Gasteiger partial charge on any atom is -0.549 e. The number of carbonyl (C=O) groups is 2. The van der Waals surface area contributed by atoms with Gasteiger partial charge in [-0.15, -0.1) is 0 Å². The van der Waals surface area contributed by atoms with Crippen LogP contribution in [0, 0.1) is 10.8 Å². The molecule has 0 radical (unpaired) electrons. The maximum Gasteiger partial charge on any atom is 0.0815 e. The van der Waals surface area contributed by atoms with Crippen LogP contribution in [-0.4, -0.2) is 37.4 Å². The summed E-state index contributed by atoms with van der Waals surface area (Å²) in [7, 11) is 0. The van der Waals surface area contributed by atoms with Crippen molar-refractivity contribution in [3.05, 3.63) is 0 Å². The standard InChI is InChI=1S/C14H20O6/c15-11(16)14(12(17)18)4-2-1-3-13(14,5-9-7-19-9)6-10-8-20-10/h9-10H,1-8H2,(H,15,16)(H,17,18)/p-2. The van der Waals surface area contributed by atoms with Crippen LogP contribution in [0.25, 0.3) is 0 Å². The van der Waals surface area contributed by atoms with Gasteiger partial charge in [-0.3, -0.25) is 0 Å². The van der Waals surface area contributed by atoms with Crippen LogP contribution in [0.4, 0.5) is 0 Å². The molecule has 3 rings (SSSR count). The summed E-state index contributed by atoms with van der Waals surface area (Å²) in [5.41, 5.74) is -2.78. The molecule has 0 aromatic rings. The van der Waals surface area contributed by atoms with Crippen molar-refractivity contribution < 1.29 is 29.3 Å². The number of epoxide rings is 2. The lowest BCUT2D eigenvalue weighted by Gasteiger charge is -2.55. The Kier molecular flexibility index (Phi) is 3.25. The number of carbonyl (C=O) groups excluding carboxylic acids is 2. The molecule has 0 aromatic carbocycles. The van der Waals surface area contributed by atoms with Crippen molar-refractivity contribution >= 4 is 11.9 Å². The Labute approximate surface area is 117 Å². The number of rotatable bonds is 6. The molecule has 0 N–H and O–H groups in total. The lowest BCUT2D eigenvalue weighted by molar-refractivity contribution is -0.355. The van der Waals surface area contributed by atoms with Gasteiger partial charge in [0.05, 0.1) is 42.8 Å². The van der Waals surface area contributed by atoms with E-state index < -0.39 is 22.8 Å². The van der Waals surface area contributed by atoms with Crippen molar-refractivity contribution in [1.82, 2.24) is 0 Å². The molecule has 112 valence electrons. The van der Waals surface area contributed by atoms with Crippen LogP contribution in [0.5, 0.6) is 0 Å². The normalized spacial score (nSPS) is 38.2. The summed E-state index contributed by atoms with van der Waals surface area (Å²) in [4.78, 5) is 23.4. The molecule has 2 atom stereocenters. The zero-order chi connectivity index (χ0) is 14.4. The maximum atomic E-state index is 11.7. The van der Waals surface area contributed by atoms with Crippen LogP contribution in [0.15, 0.2) is 0 Å². The van der Waals surface area contributed by atoms with E-state index in [9.17, 15) is 19.8 Å². The van der Waals surface area contributed by atoms with Crippen molar-refractivity contribution in [2.75, 3.05) is 13.2 Å². The van der Waals surface area contributed by atoms with Crippen molar-refractivity contribution in [2.45, 2.75) is 50.7 Å². The van der Waals surface area contributed by atoms with E-state index in [-0.39, 0.29) is 18.6 Å². The van der Waals surface area contributed by atoms with Gasteiger partial charge >= 0.3 is 0 Å². The second-order valence-electron chi connectivity index (χ2n) is 6.29. The smallest absolute Gasteiger partial charge is 0.0815 e. The Bertz CT molecular complexity index is 395. The first-order valence-electron chi connectivity index (χ1n) is 7.16. The van der Waals surface area contributed by atoms with Crippen LogP contribution in [0.1, 0.15) is 38.5 Å². The van der Waals surface area contributed by atoms with Crippen molar-refractivity contribution in [3.8, 4) is 0 Å². The largest absolute Gasteiger partial charge is 0.549 e. The highest BCUT2D eigenvalue weighted by Gasteiger charge is 2.58. The molecule has 2 saturated heterocycles. The summed E-state index contributed by atoms with van der Waals surface area (Å²) in [6, 6.07) is 0. The molecule has 1 aliphatic carbocycles. The van der Waals surface area contributed by atoms with Crippen LogP contribution in [0.3, 0.4) is 0 Å². The van der Waals surface area contributed by atoms with Crippen LogP contribution < -0.4 is 10.2 Å². The van der Waals surface area contributed by atoms with Gasteiger partial charge in [0.2, 0.25) is 0 Å². The Morgan fingerprint density at radius 1 is 0.950 bits per heavy atom. The molecular formula is C14H18O6-2. The van der Waals surface area contributed by atoms with Gasteiger partial charge in [-0.25, -0.2) is 0 Å². The Morgan fingerprint density at radius 3 is 1.80 bits per heavy atom. The molecule has 2 heterocycles. The van der Waals surface area contributed by atoms with Crippen molar-refractivity contribution in [1.29, 1.82) is 0 Å². The second kappa shape index (κ2) is 4.70. The molecule has 0 spiro atoms. The van der Waals surface area contributed by atoms with E-state index in [0.29, 0.717) is 38.9 Å². The van der Waals surface area contributed by atoms with Gasteiger partial charge in [-0.2, -0.15) is 0 Å². The number of aliphatic carboxylic acids is 2. The average Bonchev–Trinajstić information content (AvgIpc) is 3.26. The fourth-order valence-electron chi connectivity index (χ4n) is 3.93. The SMILES string of the molecule is O=C([O-])C1(C(=O)[O-])CCCCC1(CC1CO1)CC1CO1. The molecule has 3 aliphatic rings. The van der Waals surface area contributed by atoms with Gasteiger partial charge in [0.25, 0.3) is 0 Å². The van der Waals surface area contributed by atoms with Gasteiger partial charge < -0.3 is 29.3 Å². The molecule has 1 saturated carbocycles. The lowest BCUT2D eigenvalue weighted by Crippen LogP contribution is -2.64. The lowest BCUT2D eigenvalue weighted by atomic mass is 9.52. The summed E-state index contributed by atoms with van der Waals surface area (Å²) in [6.07, 6.45) is 2.83. The quantitative estimate of drug-likeness (QED) is 0.439. The second-order valence-corrected chi connectivity index (χ2v) is 6.29. The topological polar surface area (TPSA) is 105 Å². The minimum absolute atomic E-state index is 0.0371. The third-order valence-corrected chi connectivity index (χ3v) is 5.10. The summed E-state index contributed by atoms with van der Waals surface area (Å²) in [5.74, 6) is -3.03. The average molecular weight is 282 g/mol. The Morgan fingerprint density at radius 2 is 1.40 bits per heavy atom. The molecule has 0 bridgehead atoms. The number of ether oxygens (including phenoxy) is 2. The van der Waals surface area contributed by atoms with Gasteiger partial charge in [-0.05, 0) is 31.1 Å². The number of hydrogen-bond acceptors (Lipinski definition) is 6. The highest BCUT2D eigenvalue weighted by molar-refractivity contribution is 5.97. The molecule has 2 aliphatic heterocycles. The fraction of sp³-hybridized carbons (Fsp3) is 0.857. The molecule has 6 nitrogen and oxygen atoms in total. The van der Waals surface area contributed by atoms with Gasteiger partial charge in [0, 0.05) is 0 Å². The molecule has 2 unspecified atom stereocenters. The molecular weight excluding hydrogens is 264 g/mol. The predicted octanol–water partition coefficient (Wildman–Crippen LogP) is -1.39. The van der Waals surface area contributed by atoms with E-state index in [1.165, 1.54) is 0 Å². The van der Waals surface area contributed by atoms with Gasteiger partial charge in [0.15, 0.2) is 0 Å². The number of hydrogen-bond donors (Lipinski definition) is 0. The van der Waals surface area contributed by atoms with E-state index in [1.54, 1.807) is 0 Å². The van der Waals surface area contributed by atoms with Gasteiger partial charge in [0.1, 0.15) is 0 Å². The molecule has 0 aromatic heterocycles. The third-order valence-electron chi connectivity index (χ3n) is 5.10. The van der Waals surface area contributed by atoms with Crippen LogP contribution in [-0.2, 0) is 19.1 Å². The number of carboxylic acid groups (broad SMARTS) is 2. The minimum atomic E-state index is -1.91. The summed E-state index contributed by atoms with van der Waals surface area (Å²) >= 11 is 0. The summed E-state index contributed by atoms with van der Waals surface area (Å²) in [6.45, 7) is 1.15. The molecule has 3 fully saturated rings. The maximum absolute atomic E-state index is 11.7. The first-order valence-corrected chi connectivity index (χ1v) is 7.16. The number of carboxylic acids is 2. The zero-order valence-electron chi connectivity index (χ0n) is 11.3. The van der Waals surface area contributed by atoms with Crippen molar-refractivity contribution in [3.63, 3.8) is 0 Å². The van der Waals surface area contributed by atoms with E-state index in [2.05, 4.69) is 0 Å². The van der Waals surface area contributed by atoms with Gasteiger partial charge in [-0.1, -0.05) is 12.8 Å². The van der Waals surface area contributed by atoms with E-state index in [4.69, 9.17) is 9.47 Å². The summed E-state index contributed by atoms with van der Waals surface area (Å²) in [5, 5.41) is 23.4. The van der Waals surface area contributed by atoms with Crippen LogP contribution >= 0.6 is 0 Å². The summed E-state index contributed by atoms with van der Waals surface area (Å²) < 4.78 is 10.4. The van der Waals surface area contributed by atoms with E-state index in [1.807, 2.05) is 0 Å². The monoisotopic (exact) mass is 282 g/mol. The van der Waals surface area contributed by atoms with Crippen molar-refractivity contribution in [2.24, 2.45) is 10.8 Å². The predicted molar refractivity (Wildman–Crippen MR) is 62.1 cm³/mol. The first-order chi connectivity index (χ1) is 9.50. The molecule has 6 heteroatoms. The van der Waals surface area contributed by atoms with Crippen LogP contribution in [0.2, 0.25) is 0 Å². The highest BCUT2D eigenvalue weighted by atomic mass is 16.6. The van der Waals surface area contributed by atoms with E-state index in [0.717, 1.165) is 6.42 Å². The first kappa shape index (κ1) is 13.8. The zero-order valence-corrected chi connectivity index (χ0v) is 11.3. The molecule has 0 amide bonds.